The summed E-state index contributed by atoms with van der Waals surface area (Å²) < 4.78 is 17.6. The van der Waals surface area contributed by atoms with Gasteiger partial charge in [0.25, 0.3) is 0 Å². The first-order valence-corrected chi connectivity index (χ1v) is 22.8. The van der Waals surface area contributed by atoms with Crippen molar-refractivity contribution in [2.45, 2.75) is 39.5 Å². The first kappa shape index (κ1) is 42.7. The molecule has 0 N–H and O–H groups in total. The molecule has 0 unspecified atom stereocenters. The van der Waals surface area contributed by atoms with Gasteiger partial charge in [0.2, 0.25) is 0 Å². The predicted molar refractivity (Wildman–Crippen MR) is 250 cm³/mol. The van der Waals surface area contributed by atoms with Crippen LogP contribution in [0.4, 0.5) is 4.39 Å². The molecule has 305 valence electrons. The van der Waals surface area contributed by atoms with Crippen LogP contribution in [-0.2, 0) is 20.1 Å². The zero-order chi connectivity index (χ0) is 42.0. The number of pyridine rings is 1. The third kappa shape index (κ3) is 8.45. The Morgan fingerprint density at radius 3 is 2.02 bits per heavy atom. The van der Waals surface area contributed by atoms with E-state index in [1.165, 1.54) is 68.8 Å². The van der Waals surface area contributed by atoms with E-state index in [4.69, 9.17) is 4.98 Å². The van der Waals surface area contributed by atoms with E-state index < -0.39 is 20.4 Å². The van der Waals surface area contributed by atoms with Crippen molar-refractivity contribution < 1.29 is 24.5 Å². The molecule has 7 heteroatoms. The molecule has 3 heterocycles. The molecule has 7 aromatic carbocycles. The van der Waals surface area contributed by atoms with Crippen molar-refractivity contribution in [1.29, 1.82) is 5.26 Å². The smallest absolute Gasteiger partial charge is 0.0379 e. The van der Waals surface area contributed by atoms with Crippen LogP contribution in [0.3, 0.4) is 0 Å². The minimum Gasteiger partial charge on any atom is -0.305 e. The average molecular weight is 1100 g/mol. The number of nitrogens with zero attached hydrogens (tertiary/aromatic N) is 4. The maximum atomic E-state index is 12.6. The number of aromatic nitrogens is 3. The normalized spacial score (nSPS) is 11.1. The number of imidazole rings is 1. The van der Waals surface area contributed by atoms with Crippen LogP contribution in [0, 0.1) is 29.3 Å². The van der Waals surface area contributed by atoms with Gasteiger partial charge in [-0.15, -0.1) is 29.8 Å². The molecule has 10 rings (SSSR count). The van der Waals surface area contributed by atoms with Crippen LogP contribution >= 0.6 is 0 Å². The first-order chi connectivity index (χ1) is 29.8. The number of hydrogen-bond acceptors (Lipinski definition) is 3. The van der Waals surface area contributed by atoms with Gasteiger partial charge < -0.3 is 4.98 Å². The molecule has 62 heavy (non-hydrogen) atoms. The van der Waals surface area contributed by atoms with Gasteiger partial charge in [-0.05, 0) is 17.3 Å². The number of hydrogen-bond donors (Lipinski definition) is 0. The summed E-state index contributed by atoms with van der Waals surface area (Å²) in [5.41, 5.74) is 14.2. The summed E-state index contributed by atoms with van der Waals surface area (Å²) in [6.07, 6.45) is 1.70. The van der Waals surface area contributed by atoms with E-state index >= 15 is 0 Å². The van der Waals surface area contributed by atoms with E-state index in [-0.39, 0.29) is 37.8 Å². The summed E-state index contributed by atoms with van der Waals surface area (Å²) >= 11 is -0.744. The molecule has 3 aromatic heterocycles. The molecule has 0 aliphatic carbocycles. The van der Waals surface area contributed by atoms with Crippen LogP contribution < -0.4 is 0 Å². The second kappa shape index (κ2) is 18.6. The molecule has 0 bridgehead atoms. The zero-order valence-electron chi connectivity index (χ0n) is 34.7. The molecular formula is C55H41FIrN4Te-2. The third-order valence-electron chi connectivity index (χ3n) is 11.0. The van der Waals surface area contributed by atoms with Crippen molar-refractivity contribution in [2.75, 3.05) is 0 Å². The summed E-state index contributed by atoms with van der Waals surface area (Å²) in [6, 6.07) is 62.0. The van der Waals surface area contributed by atoms with E-state index in [0.717, 1.165) is 39.2 Å². The zero-order valence-corrected chi connectivity index (χ0v) is 39.4. The van der Waals surface area contributed by atoms with Gasteiger partial charge in [0.15, 0.2) is 0 Å². The molecule has 0 saturated heterocycles. The second-order valence-corrected chi connectivity index (χ2v) is 18.7. The standard InChI is InChI=1S/C44H34N3Te.C11H7FN.Ir/c1-27(2)37-24-33(32-20-18-31(19-21-32)30-11-6-5-7-12-30)25-38(28(3)4)42(37)47-40-16-9-8-15-39(40)46-44(47)36-14-10-13-35-34-22-17-29(26-45)23-41(34)48-43(35)36;12-10-6-4-9(5-7-10)11-3-1-2-8-13-11;/h5-13,15-25,27-28H,1-4H3;1-4,6-8H;/q2*-1;. The van der Waals surface area contributed by atoms with Crippen LogP contribution in [-0.4, -0.2) is 35.0 Å². The molecule has 10 aromatic rings. The predicted octanol–water partition coefficient (Wildman–Crippen LogP) is 14.0. The third-order valence-corrected chi connectivity index (χ3v) is 14.4. The van der Waals surface area contributed by atoms with Gasteiger partial charge >= 0.3 is 257 Å². The molecule has 0 aliphatic heterocycles. The van der Waals surface area contributed by atoms with E-state index in [1.54, 1.807) is 12.3 Å². The number of para-hydroxylation sites is 2. The van der Waals surface area contributed by atoms with Crippen molar-refractivity contribution in [3.05, 3.63) is 199 Å². The Morgan fingerprint density at radius 2 is 1.35 bits per heavy atom. The summed E-state index contributed by atoms with van der Waals surface area (Å²) in [5.74, 6) is 1.22. The van der Waals surface area contributed by atoms with Crippen LogP contribution in [0.5, 0.6) is 0 Å². The Bertz CT molecular complexity index is 3170. The minimum atomic E-state index is -0.744. The van der Waals surface area contributed by atoms with Gasteiger partial charge in [-0.1, -0.05) is 42.5 Å². The van der Waals surface area contributed by atoms with Crippen LogP contribution in [0.15, 0.2) is 164 Å². The maximum Gasteiger partial charge on any atom is 0.0379 e. The van der Waals surface area contributed by atoms with Crippen molar-refractivity contribution in [2.24, 2.45) is 0 Å². The summed E-state index contributed by atoms with van der Waals surface area (Å²) in [6.45, 7) is 9.19. The fourth-order valence-corrected chi connectivity index (χ4v) is 11.5. The van der Waals surface area contributed by atoms with Gasteiger partial charge in [0.1, 0.15) is 0 Å². The van der Waals surface area contributed by atoms with E-state index in [2.05, 4.69) is 165 Å². The summed E-state index contributed by atoms with van der Waals surface area (Å²) in [7, 11) is 0. The monoisotopic (exact) mass is 1100 g/mol. The van der Waals surface area contributed by atoms with Crippen molar-refractivity contribution in [1.82, 2.24) is 14.5 Å². The molecule has 4 nitrogen and oxygen atoms in total. The van der Waals surface area contributed by atoms with Crippen molar-refractivity contribution >= 4 is 49.0 Å². The Hall–Kier alpha value is -5.98. The van der Waals surface area contributed by atoms with Crippen LogP contribution in [0.2, 0.25) is 0 Å². The van der Waals surface area contributed by atoms with Crippen LogP contribution in [0.25, 0.3) is 79.2 Å². The number of rotatable bonds is 7. The Kier molecular flexibility index (Phi) is 12.8. The fourth-order valence-electron chi connectivity index (χ4n) is 7.96. The molecule has 0 spiro atoms. The molecule has 0 atom stereocenters. The molecule has 1 radical (unpaired) electrons. The van der Waals surface area contributed by atoms with E-state index in [1.807, 2.05) is 30.3 Å². The summed E-state index contributed by atoms with van der Waals surface area (Å²) in [4.78, 5) is 9.48. The molecular weight excluding hydrogens is 1060 g/mol. The fraction of sp³-hybridized carbons (Fsp3) is 0.109. The topological polar surface area (TPSA) is 54.5 Å². The maximum absolute atomic E-state index is 12.6. The molecule has 0 aliphatic rings. The van der Waals surface area contributed by atoms with E-state index in [0.29, 0.717) is 0 Å². The molecule has 0 amide bonds. The van der Waals surface area contributed by atoms with Gasteiger partial charge in [-0.25, -0.2) is 0 Å². The molecule has 0 fully saturated rings. The second-order valence-electron chi connectivity index (χ2n) is 15.7. The number of benzene rings is 7. The van der Waals surface area contributed by atoms with Gasteiger partial charge in [0, 0.05) is 32.1 Å². The number of nitriles is 1. The van der Waals surface area contributed by atoms with E-state index in [9.17, 15) is 9.65 Å². The van der Waals surface area contributed by atoms with Gasteiger partial charge in [0.05, 0.1) is 0 Å². The average Bonchev–Trinajstić information content (AvgIpc) is 3.88. The Balaban J connectivity index is 0.000000323. The Labute approximate surface area is 385 Å². The number of halogens is 1. The minimum absolute atomic E-state index is 0. The first-order valence-electron chi connectivity index (χ1n) is 20.4. The van der Waals surface area contributed by atoms with Crippen LogP contribution in [0.1, 0.15) is 56.2 Å². The summed E-state index contributed by atoms with van der Waals surface area (Å²) in [5, 5.41) is 12.1. The SMILES string of the molecule is CC(C)c1cc(-c2ccc(-c3ccccc3)cc2)cc(C(C)C)c1-n1c(-c2[c-]ccc3c2[te]c2cc(C#N)ccc23)nc2ccccc21.Fc1c[c-]c(-c2ccccn2)cc1.[Ir]. The van der Waals surface area contributed by atoms with Gasteiger partial charge in [-0.3, -0.25) is 4.39 Å². The number of fused-ring (bicyclic) bond motifs is 4. The molecule has 0 saturated carbocycles. The van der Waals surface area contributed by atoms with Crippen molar-refractivity contribution in [3.63, 3.8) is 0 Å². The Morgan fingerprint density at radius 1 is 0.677 bits per heavy atom. The quantitative estimate of drug-likeness (QED) is 0.118. The largest absolute Gasteiger partial charge is 0.305 e. The van der Waals surface area contributed by atoms with Crippen molar-refractivity contribution in [3.8, 4) is 56.7 Å². The van der Waals surface area contributed by atoms with Gasteiger partial charge in [-0.2, -0.15) is 0 Å².